The molecule has 0 saturated carbocycles. The highest BCUT2D eigenvalue weighted by Crippen LogP contribution is 2.21. The van der Waals surface area contributed by atoms with Crippen molar-refractivity contribution in [2.24, 2.45) is 7.05 Å². The zero-order valence-electron chi connectivity index (χ0n) is 9.26. The molecule has 0 aliphatic carbocycles. The topological polar surface area (TPSA) is 29.9 Å². The number of hydrogen-bond donors (Lipinski definition) is 1. The summed E-state index contributed by atoms with van der Waals surface area (Å²) in [6.45, 7) is 5.16. The Morgan fingerprint density at radius 2 is 2.14 bits per heavy atom. The fourth-order valence-electron chi connectivity index (χ4n) is 1.47. The van der Waals surface area contributed by atoms with Gasteiger partial charge in [0.15, 0.2) is 0 Å². The zero-order valence-corrected chi connectivity index (χ0v) is 10.0. The minimum atomic E-state index is 0.417. The number of rotatable bonds is 4. The van der Waals surface area contributed by atoms with Gasteiger partial charge >= 0.3 is 0 Å². The van der Waals surface area contributed by atoms with Crippen LogP contribution in [0.2, 0.25) is 5.15 Å². The fraction of sp³-hybridized carbons (Fsp3) is 0.700. The molecule has 1 rings (SSSR count). The van der Waals surface area contributed by atoms with E-state index in [1.165, 1.54) is 0 Å². The molecule has 1 aromatic rings. The van der Waals surface area contributed by atoms with Crippen LogP contribution in [0.15, 0.2) is 0 Å². The Morgan fingerprint density at radius 1 is 1.50 bits per heavy atom. The van der Waals surface area contributed by atoms with Crippen LogP contribution in [0, 0.1) is 0 Å². The Kier molecular flexibility index (Phi) is 3.96. The van der Waals surface area contributed by atoms with Crippen molar-refractivity contribution in [2.45, 2.75) is 26.2 Å². The largest absolute Gasteiger partial charge is 0.322 e. The molecule has 3 nitrogen and oxygen atoms in total. The van der Waals surface area contributed by atoms with E-state index in [0.29, 0.717) is 5.92 Å². The quantitative estimate of drug-likeness (QED) is 0.832. The molecule has 1 aromatic heterocycles. The fourth-order valence-corrected chi connectivity index (χ4v) is 1.70. The van der Waals surface area contributed by atoms with Crippen LogP contribution in [-0.2, 0) is 13.5 Å². The molecule has 0 radical (unpaired) electrons. The molecule has 14 heavy (non-hydrogen) atoms. The second kappa shape index (κ2) is 4.80. The maximum atomic E-state index is 6.17. The monoisotopic (exact) mass is 215 g/mol. The molecule has 80 valence electrons. The van der Waals surface area contributed by atoms with Gasteiger partial charge in [-0.1, -0.05) is 25.4 Å². The van der Waals surface area contributed by atoms with Crippen molar-refractivity contribution < 1.29 is 0 Å². The number of aromatic nitrogens is 2. The van der Waals surface area contributed by atoms with E-state index in [1.807, 2.05) is 18.7 Å². The van der Waals surface area contributed by atoms with E-state index < -0.39 is 0 Å². The van der Waals surface area contributed by atoms with E-state index >= 15 is 0 Å². The third kappa shape index (κ3) is 2.28. The Bertz CT molecular complexity index is 305. The average molecular weight is 216 g/mol. The van der Waals surface area contributed by atoms with Crippen LogP contribution in [0.1, 0.15) is 31.3 Å². The number of nitrogens with zero attached hydrogens (tertiary/aromatic N) is 2. The maximum absolute atomic E-state index is 6.17. The highest BCUT2D eigenvalue weighted by molar-refractivity contribution is 6.30. The summed E-state index contributed by atoms with van der Waals surface area (Å²) in [4.78, 5) is 4.54. The van der Waals surface area contributed by atoms with Gasteiger partial charge in [0, 0.05) is 25.9 Å². The highest BCUT2D eigenvalue weighted by atomic mass is 35.5. The Balaban J connectivity index is 2.91. The number of nitrogens with one attached hydrogen (secondary N) is 1. The highest BCUT2D eigenvalue weighted by Gasteiger charge is 2.14. The molecule has 0 atom stereocenters. The first-order chi connectivity index (χ1) is 6.57. The van der Waals surface area contributed by atoms with E-state index in [0.717, 1.165) is 29.6 Å². The van der Waals surface area contributed by atoms with E-state index in [2.05, 4.69) is 24.1 Å². The molecule has 0 aliphatic rings. The van der Waals surface area contributed by atoms with E-state index in [1.54, 1.807) is 0 Å². The predicted octanol–water partition coefficient (Wildman–Crippen LogP) is 1.96. The van der Waals surface area contributed by atoms with Gasteiger partial charge < -0.3 is 9.88 Å². The van der Waals surface area contributed by atoms with Crippen LogP contribution < -0.4 is 5.32 Å². The number of likely N-dealkylation sites (N-methyl/N-ethyl adjacent to an activating group) is 1. The van der Waals surface area contributed by atoms with Crippen LogP contribution in [0.3, 0.4) is 0 Å². The maximum Gasteiger partial charge on any atom is 0.131 e. The average Bonchev–Trinajstić information content (AvgIpc) is 2.42. The molecule has 1 N–H and O–H groups in total. The molecule has 0 unspecified atom stereocenters. The summed E-state index contributed by atoms with van der Waals surface area (Å²) in [5, 5.41) is 3.86. The van der Waals surface area contributed by atoms with Gasteiger partial charge in [-0.15, -0.1) is 0 Å². The van der Waals surface area contributed by atoms with Crippen molar-refractivity contribution in [1.82, 2.24) is 14.9 Å². The lowest BCUT2D eigenvalue weighted by molar-refractivity contribution is 0.709. The number of hydrogen-bond acceptors (Lipinski definition) is 2. The van der Waals surface area contributed by atoms with Gasteiger partial charge in [0.2, 0.25) is 0 Å². The Hall–Kier alpha value is -0.540. The van der Waals surface area contributed by atoms with Crippen molar-refractivity contribution in [2.75, 3.05) is 13.6 Å². The van der Waals surface area contributed by atoms with Gasteiger partial charge in [-0.2, -0.15) is 0 Å². The van der Waals surface area contributed by atoms with Crippen molar-refractivity contribution in [1.29, 1.82) is 0 Å². The lowest BCUT2D eigenvalue weighted by Crippen LogP contribution is -2.10. The third-order valence-electron chi connectivity index (χ3n) is 2.25. The lowest BCUT2D eigenvalue weighted by atomic mass is 10.2. The summed E-state index contributed by atoms with van der Waals surface area (Å²) in [5.74, 6) is 1.47. The molecule has 0 saturated heterocycles. The lowest BCUT2D eigenvalue weighted by Gasteiger charge is -2.03. The summed E-state index contributed by atoms with van der Waals surface area (Å²) in [7, 11) is 3.90. The van der Waals surface area contributed by atoms with Crippen molar-refractivity contribution >= 4 is 11.6 Å². The molecular formula is C10H18ClN3. The van der Waals surface area contributed by atoms with Crippen LogP contribution in [0.4, 0.5) is 0 Å². The summed E-state index contributed by atoms with van der Waals surface area (Å²) in [5.41, 5.74) is 0.993. The number of imidazole rings is 1. The summed E-state index contributed by atoms with van der Waals surface area (Å²) >= 11 is 6.17. The minimum Gasteiger partial charge on any atom is -0.322 e. The van der Waals surface area contributed by atoms with Crippen molar-refractivity contribution in [3.63, 3.8) is 0 Å². The summed E-state index contributed by atoms with van der Waals surface area (Å²) in [6.07, 6.45) is 0.885. The van der Waals surface area contributed by atoms with Crippen molar-refractivity contribution in [3.05, 3.63) is 16.7 Å². The van der Waals surface area contributed by atoms with Gasteiger partial charge in [0.25, 0.3) is 0 Å². The molecule has 0 aromatic carbocycles. The molecule has 4 heteroatoms. The normalized spacial score (nSPS) is 11.3. The van der Waals surface area contributed by atoms with Gasteiger partial charge in [-0.05, 0) is 7.05 Å². The van der Waals surface area contributed by atoms with E-state index in [-0.39, 0.29) is 0 Å². The van der Waals surface area contributed by atoms with Crippen LogP contribution >= 0.6 is 11.6 Å². The molecular weight excluding hydrogens is 198 g/mol. The van der Waals surface area contributed by atoms with E-state index in [9.17, 15) is 0 Å². The van der Waals surface area contributed by atoms with Gasteiger partial charge in [0.1, 0.15) is 11.0 Å². The third-order valence-corrected chi connectivity index (χ3v) is 2.73. The minimum absolute atomic E-state index is 0.417. The summed E-state index contributed by atoms with van der Waals surface area (Å²) in [6, 6.07) is 0. The SMILES string of the molecule is CNCCc1nc(C(C)C)n(C)c1Cl. The molecule has 1 heterocycles. The first kappa shape index (κ1) is 11.5. The van der Waals surface area contributed by atoms with Gasteiger partial charge in [0.05, 0.1) is 5.69 Å². The van der Waals surface area contributed by atoms with Crippen LogP contribution in [0.25, 0.3) is 0 Å². The Morgan fingerprint density at radius 3 is 2.57 bits per heavy atom. The first-order valence-electron chi connectivity index (χ1n) is 4.93. The molecule has 0 bridgehead atoms. The van der Waals surface area contributed by atoms with E-state index in [4.69, 9.17) is 11.6 Å². The molecule has 0 fully saturated rings. The van der Waals surface area contributed by atoms with Crippen LogP contribution in [-0.4, -0.2) is 23.1 Å². The predicted molar refractivity (Wildman–Crippen MR) is 59.9 cm³/mol. The van der Waals surface area contributed by atoms with Gasteiger partial charge in [-0.3, -0.25) is 0 Å². The smallest absolute Gasteiger partial charge is 0.131 e. The van der Waals surface area contributed by atoms with Crippen LogP contribution in [0.5, 0.6) is 0 Å². The Labute approximate surface area is 90.5 Å². The standard InChI is InChI=1S/C10H18ClN3/c1-7(2)10-13-8(5-6-12-3)9(11)14(10)4/h7,12H,5-6H2,1-4H3. The summed E-state index contributed by atoms with van der Waals surface area (Å²) < 4.78 is 1.97. The van der Waals surface area contributed by atoms with Crippen molar-refractivity contribution in [3.8, 4) is 0 Å². The molecule has 0 spiro atoms. The second-order valence-electron chi connectivity index (χ2n) is 3.77. The number of halogens is 1. The van der Waals surface area contributed by atoms with Gasteiger partial charge in [-0.25, -0.2) is 4.98 Å². The second-order valence-corrected chi connectivity index (χ2v) is 4.13. The molecule has 0 aliphatic heterocycles. The first-order valence-corrected chi connectivity index (χ1v) is 5.31. The molecule has 0 amide bonds. The zero-order chi connectivity index (χ0) is 10.7.